The van der Waals surface area contributed by atoms with Gasteiger partial charge in [-0.05, 0) is 83.1 Å². The van der Waals surface area contributed by atoms with Crippen molar-refractivity contribution >= 4 is 0 Å². The van der Waals surface area contributed by atoms with Crippen LogP contribution in [0, 0.1) is 0 Å². The van der Waals surface area contributed by atoms with Gasteiger partial charge in [-0.25, -0.2) is 0 Å². The van der Waals surface area contributed by atoms with Gasteiger partial charge in [-0.15, -0.1) is 0 Å². The summed E-state index contributed by atoms with van der Waals surface area (Å²) in [5.41, 5.74) is 1.44. The standard InChI is InChI=1S/2C8H19N.2Cr.7O/c2*1-7(2,3)9-8(4,5)6;;;;;;;;;/h2*9H,1-6H3;;;;;;;;;/q;;;;;;;;;2*-1/p+2. The summed E-state index contributed by atoms with van der Waals surface area (Å²) in [4.78, 5) is 0. The van der Waals surface area contributed by atoms with E-state index in [4.69, 9.17) is 0 Å². The van der Waals surface area contributed by atoms with Crippen LogP contribution in [0.2, 0.25) is 0 Å². The van der Waals surface area contributed by atoms with Crippen LogP contribution in [0.3, 0.4) is 0 Å². The fourth-order valence-corrected chi connectivity index (χ4v) is 4.33. The summed E-state index contributed by atoms with van der Waals surface area (Å²) in [6, 6.07) is 0. The number of nitrogens with two attached hydrogens (primary N) is 2. The molecule has 11 heteroatoms. The Bertz CT molecular complexity index is 536. The van der Waals surface area contributed by atoms with Gasteiger partial charge in [0.25, 0.3) is 0 Å². The van der Waals surface area contributed by atoms with Crippen LogP contribution in [-0.4, -0.2) is 22.2 Å². The summed E-state index contributed by atoms with van der Waals surface area (Å²) in [5.74, 6) is 0. The van der Waals surface area contributed by atoms with E-state index in [1.807, 2.05) is 0 Å². The molecule has 0 unspecified atom stereocenters. The molecule has 0 spiro atoms. The number of hydrogen-bond donors (Lipinski definition) is 2. The predicted octanol–water partition coefficient (Wildman–Crippen LogP) is -0.633. The molecular weight excluding hydrogens is 436 g/mol. The Labute approximate surface area is 169 Å². The zero-order chi connectivity index (χ0) is 23.1. The molecule has 27 heavy (non-hydrogen) atoms. The molecule has 0 saturated carbocycles. The Morgan fingerprint density at radius 3 is 0.667 bits per heavy atom. The molecule has 168 valence electrons. The Morgan fingerprint density at radius 1 is 0.519 bits per heavy atom. The SMILES string of the molecule is CC(C)(C)[NH2+]C(C)(C)C.CC(C)(C)[NH2+]C(C)(C)C.[O]=[Cr](=[O])([O-])[O][Cr](=[O])(=[O])[O-]. The summed E-state index contributed by atoms with van der Waals surface area (Å²) in [5, 5.41) is 4.75. The first-order chi connectivity index (χ1) is 11.1. The first-order valence-corrected chi connectivity index (χ1v) is 12.7. The first kappa shape index (κ1) is 31.8. The second-order valence-corrected chi connectivity index (χ2v) is 14.3. The van der Waals surface area contributed by atoms with E-state index in [9.17, 15) is 23.5 Å². The van der Waals surface area contributed by atoms with Crippen LogP contribution < -0.4 is 18.9 Å². The van der Waals surface area contributed by atoms with Gasteiger partial charge in [0.05, 0.1) is 22.2 Å². The number of rotatable bonds is 2. The molecule has 0 heterocycles. The molecule has 0 fully saturated rings. The van der Waals surface area contributed by atoms with E-state index >= 15 is 0 Å². The van der Waals surface area contributed by atoms with Crippen LogP contribution >= 0.6 is 0 Å². The van der Waals surface area contributed by atoms with Crippen molar-refractivity contribution in [2.24, 2.45) is 0 Å². The summed E-state index contributed by atoms with van der Waals surface area (Å²) in [7, 11) is 0. The minimum absolute atomic E-state index is 0.359. The molecule has 0 aromatic rings. The van der Waals surface area contributed by atoms with Crippen molar-refractivity contribution in [2.75, 3.05) is 0 Å². The van der Waals surface area contributed by atoms with Crippen LogP contribution in [0.15, 0.2) is 0 Å². The zero-order valence-corrected chi connectivity index (χ0v) is 21.4. The van der Waals surface area contributed by atoms with E-state index < -0.39 is 27.2 Å². The van der Waals surface area contributed by atoms with Crippen LogP contribution in [0.1, 0.15) is 83.1 Å². The Hall–Kier alpha value is 0.0649. The van der Waals surface area contributed by atoms with Gasteiger partial charge in [0, 0.05) is 0 Å². The number of quaternary nitrogens is 2. The van der Waals surface area contributed by atoms with E-state index in [-0.39, 0.29) is 0 Å². The molecule has 0 atom stereocenters. The molecule has 0 aliphatic carbocycles. The predicted molar refractivity (Wildman–Crippen MR) is 86.7 cm³/mol. The monoisotopic (exact) mass is 476 g/mol. The summed E-state index contributed by atoms with van der Waals surface area (Å²) < 4.78 is 58.9. The third kappa shape index (κ3) is 46.3. The molecule has 0 aromatic heterocycles. The maximum atomic E-state index is 9.38. The van der Waals surface area contributed by atoms with E-state index in [1.165, 1.54) is 0 Å². The molecule has 9 nitrogen and oxygen atoms in total. The normalized spacial score (nSPS) is 13.9. The maximum absolute atomic E-state index is 9.38. The third-order valence-electron chi connectivity index (χ3n) is 1.90. The van der Waals surface area contributed by atoms with Gasteiger partial charge in [0.15, 0.2) is 0 Å². The van der Waals surface area contributed by atoms with Gasteiger partial charge in [-0.1, -0.05) is 0 Å². The number of hydrogen-bond acceptors (Lipinski definition) is 7. The van der Waals surface area contributed by atoms with Crippen molar-refractivity contribution < 1.29 is 64.2 Å². The minimum atomic E-state index is -6.07. The zero-order valence-electron chi connectivity index (χ0n) is 18.8. The summed E-state index contributed by atoms with van der Waals surface area (Å²) >= 11 is -12.1. The van der Waals surface area contributed by atoms with Crippen LogP contribution in [0.4, 0.5) is 0 Å². The van der Waals surface area contributed by atoms with Crippen molar-refractivity contribution in [1.29, 1.82) is 0 Å². The summed E-state index contributed by atoms with van der Waals surface area (Å²) in [6.07, 6.45) is 0. The van der Waals surface area contributed by atoms with E-state index in [0.717, 1.165) is 0 Å². The Morgan fingerprint density at radius 2 is 0.667 bits per heavy atom. The second-order valence-electron chi connectivity index (χ2n) is 10.6. The van der Waals surface area contributed by atoms with E-state index in [0.29, 0.717) is 22.2 Å². The molecule has 0 amide bonds. The third-order valence-corrected chi connectivity index (χ3v) is 4.57. The Kier molecular flexibility index (Phi) is 12.6. The van der Waals surface area contributed by atoms with Crippen molar-refractivity contribution in [2.45, 2.75) is 105 Å². The topological polar surface area (TPSA) is 157 Å². The molecule has 0 aliphatic heterocycles. The average Bonchev–Trinajstić information content (AvgIpc) is 1.96. The summed E-state index contributed by atoms with van der Waals surface area (Å²) in [6.45, 7) is 26.8. The molecule has 0 bridgehead atoms. The van der Waals surface area contributed by atoms with Crippen molar-refractivity contribution in [3.05, 3.63) is 0 Å². The van der Waals surface area contributed by atoms with E-state index in [2.05, 4.69) is 96.6 Å². The van der Waals surface area contributed by atoms with Crippen LogP contribution in [0.25, 0.3) is 0 Å². The van der Waals surface area contributed by atoms with Crippen molar-refractivity contribution in [1.82, 2.24) is 0 Å². The molecular formula is C16H40Cr2N2O7. The molecule has 0 aliphatic rings. The molecule has 4 N–H and O–H groups in total. The van der Waals surface area contributed by atoms with E-state index in [1.54, 1.807) is 0 Å². The Balaban J connectivity index is -0.000000320. The molecule has 0 radical (unpaired) electrons. The van der Waals surface area contributed by atoms with Gasteiger partial charge in [-0.3, -0.25) is 0 Å². The average molecular weight is 476 g/mol. The van der Waals surface area contributed by atoms with Gasteiger partial charge >= 0.3 is 53.6 Å². The van der Waals surface area contributed by atoms with Gasteiger partial charge in [-0.2, -0.15) is 0 Å². The fourth-order valence-electron chi connectivity index (χ4n) is 2.70. The fraction of sp³-hybridized carbons (Fsp3) is 1.00. The molecule has 0 rings (SSSR count). The van der Waals surface area contributed by atoms with Gasteiger partial charge in [0.2, 0.25) is 0 Å². The molecule has 0 aromatic carbocycles. The van der Waals surface area contributed by atoms with Crippen molar-refractivity contribution in [3.63, 3.8) is 0 Å². The van der Waals surface area contributed by atoms with Crippen molar-refractivity contribution in [3.8, 4) is 0 Å². The van der Waals surface area contributed by atoms with Gasteiger partial charge < -0.3 is 10.6 Å². The molecule has 0 saturated heterocycles. The first-order valence-electron chi connectivity index (χ1n) is 8.49. The van der Waals surface area contributed by atoms with Crippen LogP contribution in [0.5, 0.6) is 0 Å². The van der Waals surface area contributed by atoms with Gasteiger partial charge in [0.1, 0.15) is 0 Å². The quantitative estimate of drug-likeness (QED) is 0.537. The van der Waals surface area contributed by atoms with Crippen LogP contribution in [-0.2, 0) is 45.3 Å². The second kappa shape index (κ2) is 10.7.